The number of aliphatic hydroxyl groups excluding tert-OH is 1. The van der Waals surface area contributed by atoms with E-state index >= 15 is 0 Å². The molecule has 1 aliphatic carbocycles. The summed E-state index contributed by atoms with van der Waals surface area (Å²) in [5.74, 6) is -0.600. The largest absolute Gasteiger partial charge is 0.392 e. The van der Waals surface area contributed by atoms with Gasteiger partial charge in [0, 0.05) is 6.54 Å². The lowest BCUT2D eigenvalue weighted by atomic mass is 10.1. The van der Waals surface area contributed by atoms with E-state index in [-0.39, 0.29) is 46.6 Å². The molecule has 0 saturated heterocycles. The molecule has 1 aromatic carbocycles. The Morgan fingerprint density at radius 2 is 2.32 bits per heavy atom. The average Bonchev–Trinajstić information content (AvgIpc) is 3.29. The van der Waals surface area contributed by atoms with Crippen LogP contribution in [0.5, 0.6) is 0 Å². The maximum atomic E-state index is 13.6. The number of carbonyl (C=O) groups is 1. The second-order valence-electron chi connectivity index (χ2n) is 6.35. The molecular weight excluding hydrogens is 389 g/mol. The van der Waals surface area contributed by atoms with E-state index in [0.717, 1.165) is 29.3 Å². The lowest BCUT2D eigenvalue weighted by molar-refractivity contribution is -0.118. The zero-order valence-electron chi connectivity index (χ0n) is 15.1. The maximum absolute atomic E-state index is 13.6. The second-order valence-corrected chi connectivity index (χ2v) is 7.31. The van der Waals surface area contributed by atoms with Crippen LogP contribution in [0.3, 0.4) is 0 Å². The third kappa shape index (κ3) is 4.86. The molecule has 0 saturated carbocycles. The lowest BCUT2D eigenvalue weighted by Gasteiger charge is -2.10. The summed E-state index contributed by atoms with van der Waals surface area (Å²) in [4.78, 5) is 16.2. The number of benzene rings is 1. The molecule has 0 aliphatic heterocycles. The van der Waals surface area contributed by atoms with Crippen molar-refractivity contribution in [3.63, 3.8) is 0 Å². The Balaban J connectivity index is 1.73. The fraction of sp³-hybridized carbons (Fsp3) is 0.412. The molecule has 2 atom stereocenters. The van der Waals surface area contributed by atoms with Crippen LogP contribution in [0.2, 0.25) is 0 Å². The molecule has 0 spiro atoms. The van der Waals surface area contributed by atoms with Crippen molar-refractivity contribution in [1.82, 2.24) is 21.1 Å². The average molecular weight is 409 g/mol. The molecule has 28 heavy (non-hydrogen) atoms. The Hall–Kier alpha value is -2.50. The van der Waals surface area contributed by atoms with Crippen molar-refractivity contribution < 1.29 is 24.1 Å². The van der Waals surface area contributed by atoms with Crippen LogP contribution in [0.1, 0.15) is 36.2 Å². The Morgan fingerprint density at radius 3 is 3.07 bits per heavy atom. The van der Waals surface area contributed by atoms with Crippen molar-refractivity contribution in [3.8, 4) is 0 Å². The number of carbonyl (C=O) groups excluding carboxylic acids is 1. The van der Waals surface area contributed by atoms with Crippen molar-refractivity contribution in [2.45, 2.75) is 36.9 Å². The maximum Gasteiger partial charge on any atom is 0.230 e. The van der Waals surface area contributed by atoms with E-state index < -0.39 is 6.10 Å². The minimum Gasteiger partial charge on any atom is -0.392 e. The van der Waals surface area contributed by atoms with Crippen LogP contribution >= 0.6 is 11.8 Å². The number of fused-ring (bicyclic) bond motifs is 1. The first-order valence-corrected chi connectivity index (χ1v) is 9.63. The molecule has 1 heterocycles. The van der Waals surface area contributed by atoms with Gasteiger partial charge in [-0.3, -0.25) is 20.5 Å². The van der Waals surface area contributed by atoms with Gasteiger partial charge < -0.3 is 10.4 Å². The number of nitrogens with one attached hydrogen (secondary N) is 2. The number of aliphatic imine (C=N–C) groups is 1. The van der Waals surface area contributed by atoms with Gasteiger partial charge in [-0.2, -0.15) is 0 Å². The van der Waals surface area contributed by atoms with Gasteiger partial charge in [-0.25, -0.2) is 9.02 Å². The van der Waals surface area contributed by atoms with Gasteiger partial charge in [0.15, 0.2) is 16.6 Å². The predicted molar refractivity (Wildman–Crippen MR) is 98.6 cm³/mol. The van der Waals surface area contributed by atoms with Crippen molar-refractivity contribution in [3.05, 3.63) is 40.8 Å². The van der Waals surface area contributed by atoms with Crippen molar-refractivity contribution in [2.75, 3.05) is 12.3 Å². The van der Waals surface area contributed by atoms with E-state index in [1.54, 1.807) is 13.0 Å². The molecule has 1 aliphatic rings. The van der Waals surface area contributed by atoms with Crippen LogP contribution in [-0.4, -0.2) is 50.8 Å². The highest BCUT2D eigenvalue weighted by Gasteiger charge is 2.25. The number of hydroxylamine groups is 1. The number of thioether (sulfide) groups is 1. The van der Waals surface area contributed by atoms with Gasteiger partial charge >= 0.3 is 0 Å². The van der Waals surface area contributed by atoms with Crippen LogP contribution in [0.15, 0.2) is 32.8 Å². The fourth-order valence-corrected chi connectivity index (χ4v) is 3.58. The van der Waals surface area contributed by atoms with Crippen molar-refractivity contribution >= 4 is 23.5 Å². The minimum atomic E-state index is -0.644. The summed E-state index contributed by atoms with van der Waals surface area (Å²) in [6.45, 7) is 1.71. The zero-order valence-corrected chi connectivity index (χ0v) is 15.9. The summed E-state index contributed by atoms with van der Waals surface area (Å²) in [6.07, 6.45) is 0.777. The number of aromatic nitrogens is 2. The van der Waals surface area contributed by atoms with Crippen LogP contribution in [0, 0.1) is 5.82 Å². The van der Waals surface area contributed by atoms with Crippen LogP contribution in [0.4, 0.5) is 4.39 Å². The van der Waals surface area contributed by atoms with E-state index in [9.17, 15) is 19.5 Å². The summed E-state index contributed by atoms with van der Waals surface area (Å²) in [5, 5.41) is 29.0. The number of rotatable bonds is 7. The monoisotopic (exact) mass is 409 g/mol. The number of amides is 1. The summed E-state index contributed by atoms with van der Waals surface area (Å²) in [7, 11) is 0. The third-order valence-corrected chi connectivity index (χ3v) is 5.11. The van der Waals surface area contributed by atoms with Gasteiger partial charge in [0.05, 0.1) is 17.9 Å². The van der Waals surface area contributed by atoms with E-state index in [0.29, 0.717) is 6.42 Å². The van der Waals surface area contributed by atoms with E-state index in [4.69, 9.17) is 4.63 Å². The number of aryl methyl sites for hydroxylation is 1. The second kappa shape index (κ2) is 9.13. The highest BCUT2D eigenvalue weighted by atomic mass is 32.2. The molecule has 1 amide bonds. The summed E-state index contributed by atoms with van der Waals surface area (Å²) in [5.41, 5.74) is 3.91. The summed E-state index contributed by atoms with van der Waals surface area (Å²) in [6, 6.07) is 4.24. The van der Waals surface area contributed by atoms with Gasteiger partial charge in [0.1, 0.15) is 5.82 Å². The Bertz CT molecular complexity index is 873. The Kier molecular flexibility index (Phi) is 6.60. The lowest BCUT2D eigenvalue weighted by Crippen LogP contribution is -2.31. The number of aliphatic hydroxyl groups is 1. The molecule has 3 rings (SSSR count). The van der Waals surface area contributed by atoms with Crippen molar-refractivity contribution in [2.24, 2.45) is 4.99 Å². The van der Waals surface area contributed by atoms with Gasteiger partial charge in [-0.05, 0) is 53.3 Å². The van der Waals surface area contributed by atoms with Gasteiger partial charge in [0.25, 0.3) is 0 Å². The van der Waals surface area contributed by atoms with Crippen LogP contribution in [0.25, 0.3) is 0 Å². The topological polar surface area (TPSA) is 133 Å². The molecule has 0 bridgehead atoms. The number of halogens is 1. The van der Waals surface area contributed by atoms with Gasteiger partial charge in [-0.15, -0.1) is 0 Å². The quantitative estimate of drug-likeness (QED) is 0.232. The van der Waals surface area contributed by atoms with Gasteiger partial charge in [-0.1, -0.05) is 17.8 Å². The first-order chi connectivity index (χ1) is 13.5. The molecule has 4 N–H and O–H groups in total. The highest BCUT2D eigenvalue weighted by molar-refractivity contribution is 8.00. The zero-order chi connectivity index (χ0) is 20.1. The van der Waals surface area contributed by atoms with Crippen molar-refractivity contribution in [1.29, 1.82) is 0 Å². The molecule has 1 aromatic heterocycles. The standard InChI is InChI=1S/C17H20FN5O4S/c1-9(24)7-19-14(25)8-28-17-15(22-27-23-17)16(21-26)20-13-5-3-10-2-4-11(18)6-12(10)13/h2,4,6,9,13,24,26H,3,5,7-8H2,1H3,(H,19,25)(H,20,21). The normalized spacial score (nSPS) is 17.3. The molecule has 2 unspecified atom stereocenters. The predicted octanol–water partition coefficient (Wildman–Crippen LogP) is 1.21. The van der Waals surface area contributed by atoms with Crippen LogP contribution in [-0.2, 0) is 11.2 Å². The molecule has 11 heteroatoms. The van der Waals surface area contributed by atoms with Gasteiger partial charge in [0.2, 0.25) is 5.91 Å². The molecular formula is C17H20FN5O4S. The number of amidine groups is 1. The molecule has 2 aromatic rings. The third-order valence-electron chi connectivity index (χ3n) is 4.16. The Labute approximate surface area is 164 Å². The molecule has 0 fully saturated rings. The number of nitrogens with zero attached hydrogens (tertiary/aromatic N) is 3. The first-order valence-electron chi connectivity index (χ1n) is 8.64. The Morgan fingerprint density at radius 1 is 1.50 bits per heavy atom. The van der Waals surface area contributed by atoms with E-state index in [1.165, 1.54) is 12.1 Å². The minimum absolute atomic E-state index is 0.0180. The summed E-state index contributed by atoms with van der Waals surface area (Å²) < 4.78 is 18.3. The smallest absolute Gasteiger partial charge is 0.230 e. The van der Waals surface area contributed by atoms with E-state index in [1.807, 2.05) is 5.48 Å². The van der Waals surface area contributed by atoms with E-state index in [2.05, 4.69) is 20.6 Å². The highest BCUT2D eigenvalue weighted by Crippen LogP contribution is 2.35. The SMILES string of the molecule is CC(O)CNC(=O)CSc1nonc1C(=NC1CCc2ccc(F)cc21)NO. The number of hydrogen-bond donors (Lipinski definition) is 4. The number of hydrogen-bond acceptors (Lipinski definition) is 8. The molecule has 9 nitrogen and oxygen atoms in total. The summed E-state index contributed by atoms with van der Waals surface area (Å²) >= 11 is 1.05. The molecule has 150 valence electrons. The first kappa shape index (κ1) is 20.2. The fourth-order valence-electron chi connectivity index (χ4n) is 2.85. The molecule has 0 radical (unpaired) electrons. The van der Waals surface area contributed by atoms with Crippen LogP contribution < -0.4 is 10.8 Å².